The average molecular weight is 445 g/mol. The summed E-state index contributed by atoms with van der Waals surface area (Å²) in [7, 11) is 1.62. The number of hydrogen-bond donors (Lipinski definition) is 3. The molecule has 0 aliphatic carbocycles. The molecule has 0 aromatic rings. The standard InChI is InChI=1S/C20H38N2O4.C2H6N2O/c1-8-11-20(6,7)26-14-12-19(4,5)21-17(24)10-13-22(15-23)18(25)16(3)9-2;1-3-4-2-5/h15-16H,8-14H2,1-7H3,(H,21,24);2-3H,1H3,(H,4,5). The first kappa shape index (κ1) is 31.2. The van der Waals surface area contributed by atoms with Gasteiger partial charge in [-0.05, 0) is 47.0 Å². The van der Waals surface area contributed by atoms with E-state index in [0.29, 0.717) is 32.3 Å². The lowest BCUT2D eigenvalue weighted by Crippen LogP contribution is -2.46. The second-order valence-electron chi connectivity index (χ2n) is 8.75. The fourth-order valence-corrected chi connectivity index (χ4v) is 2.71. The van der Waals surface area contributed by atoms with Gasteiger partial charge >= 0.3 is 0 Å². The Labute approximate surface area is 188 Å². The van der Waals surface area contributed by atoms with E-state index < -0.39 is 5.54 Å². The smallest absolute Gasteiger partial charge is 0.231 e. The van der Waals surface area contributed by atoms with Crippen molar-refractivity contribution in [3.05, 3.63) is 0 Å². The van der Waals surface area contributed by atoms with Crippen molar-refractivity contribution >= 4 is 24.6 Å². The van der Waals surface area contributed by atoms with Crippen molar-refractivity contribution in [2.24, 2.45) is 5.92 Å². The van der Waals surface area contributed by atoms with E-state index in [9.17, 15) is 19.2 Å². The molecule has 3 N–H and O–H groups in total. The molecule has 9 nitrogen and oxygen atoms in total. The van der Waals surface area contributed by atoms with Crippen LogP contribution in [0.3, 0.4) is 0 Å². The summed E-state index contributed by atoms with van der Waals surface area (Å²) in [6.07, 6.45) is 4.59. The zero-order chi connectivity index (χ0) is 24.5. The van der Waals surface area contributed by atoms with Crippen LogP contribution in [-0.4, -0.2) is 60.9 Å². The van der Waals surface area contributed by atoms with E-state index in [1.165, 1.54) is 0 Å². The van der Waals surface area contributed by atoms with Crippen molar-refractivity contribution in [2.45, 2.75) is 91.7 Å². The van der Waals surface area contributed by atoms with Gasteiger partial charge in [-0.15, -0.1) is 0 Å². The fourth-order valence-electron chi connectivity index (χ4n) is 2.71. The Morgan fingerprint density at radius 1 is 1.10 bits per heavy atom. The number of rotatable bonds is 15. The summed E-state index contributed by atoms with van der Waals surface area (Å²) >= 11 is 0. The van der Waals surface area contributed by atoms with Gasteiger partial charge in [0.1, 0.15) is 0 Å². The summed E-state index contributed by atoms with van der Waals surface area (Å²) < 4.78 is 5.92. The Kier molecular flexibility index (Phi) is 16.8. The van der Waals surface area contributed by atoms with Gasteiger partial charge in [0, 0.05) is 38.1 Å². The zero-order valence-corrected chi connectivity index (χ0v) is 20.7. The summed E-state index contributed by atoms with van der Waals surface area (Å²) in [4.78, 5) is 45.7. The molecule has 0 rings (SSSR count). The molecule has 0 radical (unpaired) electrons. The maximum atomic E-state index is 12.2. The molecule has 0 spiro atoms. The Balaban J connectivity index is 0. The van der Waals surface area contributed by atoms with Gasteiger partial charge in [-0.1, -0.05) is 27.2 Å². The zero-order valence-electron chi connectivity index (χ0n) is 20.7. The van der Waals surface area contributed by atoms with Crippen molar-refractivity contribution in [2.75, 3.05) is 20.2 Å². The van der Waals surface area contributed by atoms with E-state index >= 15 is 0 Å². The van der Waals surface area contributed by atoms with Crippen LogP contribution in [0.1, 0.15) is 80.6 Å². The molecule has 0 aromatic carbocycles. The van der Waals surface area contributed by atoms with Crippen LogP contribution >= 0.6 is 0 Å². The molecule has 31 heavy (non-hydrogen) atoms. The number of amides is 4. The van der Waals surface area contributed by atoms with Gasteiger partial charge in [-0.2, -0.15) is 0 Å². The van der Waals surface area contributed by atoms with Crippen LogP contribution in [0.5, 0.6) is 0 Å². The predicted molar refractivity (Wildman–Crippen MR) is 122 cm³/mol. The molecule has 0 bridgehead atoms. The third-order valence-corrected chi connectivity index (χ3v) is 4.78. The van der Waals surface area contributed by atoms with Crippen LogP contribution in [0.25, 0.3) is 0 Å². The molecule has 1 atom stereocenters. The van der Waals surface area contributed by atoms with Crippen molar-refractivity contribution in [1.29, 1.82) is 0 Å². The molecular formula is C22H44N4O5. The first-order valence-electron chi connectivity index (χ1n) is 11.0. The number of hydrogen-bond acceptors (Lipinski definition) is 6. The minimum atomic E-state index is -0.411. The van der Waals surface area contributed by atoms with Gasteiger partial charge in [-0.25, -0.2) is 5.43 Å². The molecule has 9 heteroatoms. The Bertz CT molecular complexity index is 538. The van der Waals surface area contributed by atoms with E-state index in [-0.39, 0.29) is 36.3 Å². The molecule has 0 aromatic heterocycles. The van der Waals surface area contributed by atoms with Crippen LogP contribution in [-0.2, 0) is 23.9 Å². The number of ether oxygens (including phenoxy) is 1. The first-order valence-corrected chi connectivity index (χ1v) is 11.0. The van der Waals surface area contributed by atoms with E-state index in [1.54, 1.807) is 14.0 Å². The maximum Gasteiger partial charge on any atom is 0.231 e. The summed E-state index contributed by atoms with van der Waals surface area (Å²) in [5, 5.41) is 2.96. The predicted octanol–water partition coefficient (Wildman–Crippen LogP) is 2.15. The number of nitrogens with zero attached hydrogens (tertiary/aromatic N) is 1. The maximum absolute atomic E-state index is 12.2. The lowest BCUT2D eigenvalue weighted by Gasteiger charge is -2.30. The number of nitrogens with one attached hydrogen (secondary N) is 3. The highest BCUT2D eigenvalue weighted by molar-refractivity contribution is 5.88. The van der Waals surface area contributed by atoms with Gasteiger partial charge < -0.3 is 10.1 Å². The largest absolute Gasteiger partial charge is 0.375 e. The van der Waals surface area contributed by atoms with Gasteiger partial charge in [0.15, 0.2) is 0 Å². The number of carbonyl (C=O) groups is 4. The highest BCUT2D eigenvalue weighted by Crippen LogP contribution is 2.18. The lowest BCUT2D eigenvalue weighted by molar-refractivity contribution is -0.141. The van der Waals surface area contributed by atoms with Crippen LogP contribution in [0, 0.1) is 5.92 Å². The summed E-state index contributed by atoms with van der Waals surface area (Å²) in [5.41, 5.74) is 4.01. The minimum absolute atomic E-state index is 0.104. The highest BCUT2D eigenvalue weighted by atomic mass is 16.5. The monoisotopic (exact) mass is 444 g/mol. The quantitative estimate of drug-likeness (QED) is 0.263. The Morgan fingerprint density at radius 2 is 1.71 bits per heavy atom. The number of hydrazine groups is 1. The second-order valence-corrected chi connectivity index (χ2v) is 8.75. The normalized spacial score (nSPS) is 12.1. The topological polar surface area (TPSA) is 117 Å². The molecule has 0 heterocycles. The molecule has 0 aliphatic rings. The van der Waals surface area contributed by atoms with Crippen molar-refractivity contribution < 1.29 is 23.9 Å². The molecule has 0 saturated heterocycles. The van der Waals surface area contributed by atoms with Crippen LogP contribution in [0.2, 0.25) is 0 Å². The van der Waals surface area contributed by atoms with Crippen molar-refractivity contribution in [3.8, 4) is 0 Å². The van der Waals surface area contributed by atoms with Gasteiger partial charge in [-0.3, -0.25) is 29.5 Å². The highest BCUT2D eigenvalue weighted by Gasteiger charge is 2.24. The van der Waals surface area contributed by atoms with E-state index in [1.807, 2.05) is 20.8 Å². The average Bonchev–Trinajstić information content (AvgIpc) is 2.67. The number of carbonyl (C=O) groups excluding carboxylic acids is 4. The molecule has 0 fully saturated rings. The third-order valence-electron chi connectivity index (χ3n) is 4.78. The Morgan fingerprint density at radius 3 is 2.13 bits per heavy atom. The minimum Gasteiger partial charge on any atom is -0.375 e. The molecule has 1 unspecified atom stereocenters. The third kappa shape index (κ3) is 16.4. The van der Waals surface area contributed by atoms with Crippen LogP contribution in [0.15, 0.2) is 0 Å². The number of imide groups is 1. The summed E-state index contributed by atoms with van der Waals surface area (Å²) in [6.45, 7) is 14.5. The summed E-state index contributed by atoms with van der Waals surface area (Å²) in [5.74, 6) is -0.629. The van der Waals surface area contributed by atoms with E-state index in [0.717, 1.165) is 17.7 Å². The molecule has 0 aliphatic heterocycles. The lowest BCUT2D eigenvalue weighted by atomic mass is 9.99. The van der Waals surface area contributed by atoms with Crippen molar-refractivity contribution in [1.82, 2.24) is 21.1 Å². The van der Waals surface area contributed by atoms with Gasteiger partial charge in [0.25, 0.3) is 0 Å². The van der Waals surface area contributed by atoms with Gasteiger partial charge in [0.2, 0.25) is 24.6 Å². The molecular weight excluding hydrogens is 400 g/mol. The van der Waals surface area contributed by atoms with Gasteiger partial charge in [0.05, 0.1) is 5.60 Å². The van der Waals surface area contributed by atoms with Crippen LogP contribution in [0.4, 0.5) is 0 Å². The van der Waals surface area contributed by atoms with E-state index in [2.05, 4.69) is 36.9 Å². The summed E-state index contributed by atoms with van der Waals surface area (Å²) in [6, 6.07) is 0. The SMILES string of the molecule is CCCC(C)(C)OCCC(C)(C)NC(=O)CCN(C=O)C(=O)C(C)CC.CNNC=O. The van der Waals surface area contributed by atoms with Crippen molar-refractivity contribution in [3.63, 3.8) is 0 Å². The molecule has 4 amide bonds. The molecule has 182 valence electrons. The van der Waals surface area contributed by atoms with Crippen LogP contribution < -0.4 is 16.2 Å². The Hall–Kier alpha value is -2.00. The fraction of sp³-hybridized carbons (Fsp3) is 0.818. The van der Waals surface area contributed by atoms with E-state index in [4.69, 9.17) is 4.74 Å². The second kappa shape index (κ2) is 16.7. The molecule has 0 saturated carbocycles. The first-order chi connectivity index (χ1) is 14.4.